The summed E-state index contributed by atoms with van der Waals surface area (Å²) in [5, 5.41) is 2.59. The van der Waals surface area contributed by atoms with Crippen LogP contribution in [0.15, 0.2) is 29.2 Å². The Labute approximate surface area is 118 Å². The van der Waals surface area contributed by atoms with Gasteiger partial charge in [0.2, 0.25) is 15.9 Å². The van der Waals surface area contributed by atoms with Gasteiger partial charge in [-0.05, 0) is 17.7 Å². The molecule has 1 saturated heterocycles. The van der Waals surface area contributed by atoms with Gasteiger partial charge in [0.1, 0.15) is 0 Å². The molecule has 2 rings (SSSR count). The fourth-order valence-electron chi connectivity index (χ4n) is 1.80. The first kappa shape index (κ1) is 15.9. The summed E-state index contributed by atoms with van der Waals surface area (Å²) in [7, 11) is -3.61. The van der Waals surface area contributed by atoms with Gasteiger partial charge in [0, 0.05) is 19.6 Å². The van der Waals surface area contributed by atoms with Crippen LogP contribution in [0, 0.1) is 0 Å². The zero-order chi connectivity index (χ0) is 13.2. The van der Waals surface area contributed by atoms with Crippen molar-refractivity contribution in [2.45, 2.75) is 11.4 Å². The average molecular weight is 306 g/mol. The number of halogens is 1. The Balaban J connectivity index is 0.00000180. The molecule has 1 aliphatic heterocycles. The Kier molecular flexibility index (Phi) is 5.30. The summed E-state index contributed by atoms with van der Waals surface area (Å²) in [6, 6.07) is 6.48. The Morgan fingerprint density at radius 3 is 2.74 bits per heavy atom. The van der Waals surface area contributed by atoms with Crippen molar-refractivity contribution in [3.63, 3.8) is 0 Å². The number of amides is 1. The van der Waals surface area contributed by atoms with E-state index < -0.39 is 10.0 Å². The number of hydrogen-bond donors (Lipinski definition) is 2. The molecule has 6 nitrogen and oxygen atoms in total. The van der Waals surface area contributed by atoms with E-state index in [0.29, 0.717) is 13.1 Å². The lowest BCUT2D eigenvalue weighted by Crippen LogP contribution is -2.49. The Morgan fingerprint density at radius 2 is 2.11 bits per heavy atom. The second-order valence-corrected chi connectivity index (χ2v) is 5.98. The number of piperazine rings is 1. The van der Waals surface area contributed by atoms with Crippen LogP contribution in [0.4, 0.5) is 0 Å². The van der Waals surface area contributed by atoms with Crippen molar-refractivity contribution in [1.29, 1.82) is 0 Å². The van der Waals surface area contributed by atoms with Gasteiger partial charge < -0.3 is 11.1 Å². The van der Waals surface area contributed by atoms with Crippen molar-refractivity contribution in [3.05, 3.63) is 29.8 Å². The highest BCUT2D eigenvalue weighted by molar-refractivity contribution is 7.89. The van der Waals surface area contributed by atoms with E-state index in [0.717, 1.165) is 5.56 Å². The lowest BCUT2D eigenvalue weighted by atomic mass is 10.2. The minimum Gasteiger partial charge on any atom is -0.354 e. The lowest BCUT2D eigenvalue weighted by Gasteiger charge is -2.26. The number of carbonyl (C=O) groups is 1. The van der Waals surface area contributed by atoms with E-state index in [-0.39, 0.29) is 36.3 Å². The van der Waals surface area contributed by atoms with E-state index in [1.165, 1.54) is 10.4 Å². The first-order chi connectivity index (χ1) is 8.54. The van der Waals surface area contributed by atoms with Crippen molar-refractivity contribution in [2.24, 2.45) is 5.73 Å². The average Bonchev–Trinajstić information content (AvgIpc) is 2.39. The fourth-order valence-corrected chi connectivity index (χ4v) is 3.27. The van der Waals surface area contributed by atoms with Gasteiger partial charge >= 0.3 is 0 Å². The normalized spacial score (nSPS) is 16.6. The second-order valence-electron chi connectivity index (χ2n) is 4.04. The third-order valence-corrected chi connectivity index (χ3v) is 4.62. The van der Waals surface area contributed by atoms with E-state index in [2.05, 4.69) is 5.32 Å². The number of benzene rings is 1. The third kappa shape index (κ3) is 3.44. The molecule has 1 aliphatic rings. The van der Waals surface area contributed by atoms with Crippen LogP contribution >= 0.6 is 12.4 Å². The van der Waals surface area contributed by atoms with Gasteiger partial charge in [0.25, 0.3) is 0 Å². The van der Waals surface area contributed by atoms with Crippen molar-refractivity contribution in [2.75, 3.05) is 19.6 Å². The molecule has 0 aliphatic carbocycles. The Morgan fingerprint density at radius 1 is 1.37 bits per heavy atom. The lowest BCUT2D eigenvalue weighted by molar-refractivity contribution is -0.122. The van der Waals surface area contributed by atoms with E-state index in [4.69, 9.17) is 5.73 Å². The maximum Gasteiger partial charge on any atom is 0.243 e. The van der Waals surface area contributed by atoms with E-state index in [1.54, 1.807) is 18.2 Å². The first-order valence-electron chi connectivity index (χ1n) is 5.60. The number of rotatable bonds is 3. The molecule has 1 amide bonds. The molecular weight excluding hydrogens is 290 g/mol. The minimum absolute atomic E-state index is 0. The smallest absolute Gasteiger partial charge is 0.243 e. The van der Waals surface area contributed by atoms with Gasteiger partial charge in [0.15, 0.2) is 0 Å². The van der Waals surface area contributed by atoms with Gasteiger partial charge in [-0.25, -0.2) is 8.42 Å². The highest BCUT2D eigenvalue weighted by Crippen LogP contribution is 2.17. The van der Waals surface area contributed by atoms with Crippen LogP contribution in [0.3, 0.4) is 0 Å². The predicted molar refractivity (Wildman–Crippen MR) is 73.3 cm³/mol. The molecule has 1 heterocycles. The first-order valence-corrected chi connectivity index (χ1v) is 7.04. The molecule has 8 heteroatoms. The maximum atomic E-state index is 12.3. The highest BCUT2D eigenvalue weighted by Gasteiger charge is 2.28. The van der Waals surface area contributed by atoms with Crippen molar-refractivity contribution < 1.29 is 13.2 Å². The monoisotopic (exact) mass is 305 g/mol. The number of nitrogens with two attached hydrogens (primary N) is 1. The van der Waals surface area contributed by atoms with E-state index in [9.17, 15) is 13.2 Å². The molecule has 19 heavy (non-hydrogen) atoms. The number of sulfonamides is 1. The molecule has 106 valence electrons. The van der Waals surface area contributed by atoms with Gasteiger partial charge in [0.05, 0.1) is 11.4 Å². The van der Waals surface area contributed by atoms with Crippen LogP contribution < -0.4 is 11.1 Å². The van der Waals surface area contributed by atoms with Crippen molar-refractivity contribution in [3.8, 4) is 0 Å². The molecule has 1 fully saturated rings. The Hall–Kier alpha value is -1.15. The molecular formula is C11H16ClN3O3S. The van der Waals surface area contributed by atoms with Crippen LogP contribution in [0.25, 0.3) is 0 Å². The summed E-state index contributed by atoms with van der Waals surface area (Å²) >= 11 is 0. The highest BCUT2D eigenvalue weighted by atomic mass is 35.5. The van der Waals surface area contributed by atoms with E-state index >= 15 is 0 Å². The summed E-state index contributed by atoms with van der Waals surface area (Å²) < 4.78 is 25.8. The van der Waals surface area contributed by atoms with Gasteiger partial charge in [-0.1, -0.05) is 12.1 Å². The number of carbonyl (C=O) groups excluding carboxylic acids is 1. The molecule has 0 bridgehead atoms. The van der Waals surface area contributed by atoms with Gasteiger partial charge in [-0.2, -0.15) is 4.31 Å². The molecule has 0 radical (unpaired) electrons. The molecule has 0 aromatic heterocycles. The predicted octanol–water partition coefficient (Wildman–Crippen LogP) is -0.312. The summed E-state index contributed by atoms with van der Waals surface area (Å²) in [5.74, 6) is -0.278. The molecule has 0 saturated carbocycles. The summed E-state index contributed by atoms with van der Waals surface area (Å²) in [6.45, 7) is 0.786. The SMILES string of the molecule is Cl.NCc1cccc(S(=O)(=O)N2CCNC(=O)C2)c1. The maximum absolute atomic E-state index is 12.3. The molecule has 0 spiro atoms. The molecule has 0 unspecified atom stereocenters. The van der Waals surface area contributed by atoms with E-state index in [1.807, 2.05) is 0 Å². The minimum atomic E-state index is -3.61. The zero-order valence-corrected chi connectivity index (χ0v) is 11.8. The number of nitrogens with zero attached hydrogens (tertiary/aromatic N) is 1. The molecule has 3 N–H and O–H groups in total. The molecule has 1 aromatic carbocycles. The van der Waals surface area contributed by atoms with Crippen molar-refractivity contribution >= 4 is 28.3 Å². The van der Waals surface area contributed by atoms with Gasteiger partial charge in [-0.3, -0.25) is 4.79 Å². The fraction of sp³-hybridized carbons (Fsp3) is 0.364. The van der Waals surface area contributed by atoms with Crippen molar-refractivity contribution in [1.82, 2.24) is 9.62 Å². The quantitative estimate of drug-likeness (QED) is 0.801. The van der Waals surface area contributed by atoms with Crippen LogP contribution in [-0.2, 0) is 21.4 Å². The number of hydrogen-bond acceptors (Lipinski definition) is 4. The van der Waals surface area contributed by atoms with Gasteiger partial charge in [-0.15, -0.1) is 12.4 Å². The Bertz CT molecular complexity index is 562. The molecule has 0 atom stereocenters. The third-order valence-electron chi connectivity index (χ3n) is 2.78. The number of nitrogens with one attached hydrogen (secondary N) is 1. The van der Waals surface area contributed by atoms with Crippen LogP contribution in [0.5, 0.6) is 0 Å². The van der Waals surface area contributed by atoms with Crippen LogP contribution in [-0.4, -0.2) is 38.3 Å². The topological polar surface area (TPSA) is 92.5 Å². The van der Waals surface area contributed by atoms with Crippen LogP contribution in [0.2, 0.25) is 0 Å². The second kappa shape index (κ2) is 6.33. The van der Waals surface area contributed by atoms with Crippen LogP contribution in [0.1, 0.15) is 5.56 Å². The standard InChI is InChI=1S/C11H15N3O3S.ClH/c12-7-9-2-1-3-10(6-9)18(16,17)14-5-4-13-11(15)8-14;/h1-3,6H,4-5,7-8,12H2,(H,13,15);1H. The zero-order valence-electron chi connectivity index (χ0n) is 10.2. The molecule has 1 aromatic rings. The summed E-state index contributed by atoms with van der Waals surface area (Å²) in [6.07, 6.45) is 0. The summed E-state index contributed by atoms with van der Waals surface area (Å²) in [5.41, 5.74) is 6.24. The summed E-state index contributed by atoms with van der Waals surface area (Å²) in [4.78, 5) is 11.4. The largest absolute Gasteiger partial charge is 0.354 e.